The van der Waals surface area contributed by atoms with E-state index < -0.39 is 10.4 Å². The molecule has 0 unspecified atom stereocenters. The van der Waals surface area contributed by atoms with Crippen LogP contribution >= 0.6 is 0 Å². The van der Waals surface area contributed by atoms with E-state index in [0.717, 1.165) is 42.4 Å². The SMILES string of the molecule is O=S(=O)(O)Oc1ccc2c3c1-c1cc(ccc1[O-])CC/C=C\[C@@H]3CC2. The normalized spacial score (nSPS) is 20.0. The smallest absolute Gasteiger partial charge is 0.446 e. The first-order chi connectivity index (χ1) is 11.9. The maximum absolute atomic E-state index is 12.5. The molecule has 0 saturated heterocycles. The third-order valence-electron chi connectivity index (χ3n) is 4.87. The zero-order valence-corrected chi connectivity index (χ0v) is 14.3. The summed E-state index contributed by atoms with van der Waals surface area (Å²) in [5.74, 6) is -0.0833. The molecule has 2 aliphatic carbocycles. The van der Waals surface area contributed by atoms with Crippen molar-refractivity contribution < 1.29 is 22.3 Å². The van der Waals surface area contributed by atoms with E-state index in [1.54, 1.807) is 6.07 Å². The van der Waals surface area contributed by atoms with E-state index in [4.69, 9.17) is 8.74 Å². The molecule has 25 heavy (non-hydrogen) atoms. The fourth-order valence-corrected chi connectivity index (χ4v) is 4.20. The van der Waals surface area contributed by atoms with E-state index in [-0.39, 0.29) is 17.4 Å². The summed E-state index contributed by atoms with van der Waals surface area (Å²) < 4.78 is 36.6. The monoisotopic (exact) mass is 357 g/mol. The third kappa shape index (κ3) is 3.03. The van der Waals surface area contributed by atoms with E-state index in [1.165, 1.54) is 12.1 Å². The Labute approximate surface area is 146 Å². The number of allylic oxidation sites excluding steroid dienone is 2. The van der Waals surface area contributed by atoms with E-state index in [9.17, 15) is 13.5 Å². The Morgan fingerprint density at radius 1 is 1.16 bits per heavy atom. The molecule has 130 valence electrons. The summed E-state index contributed by atoms with van der Waals surface area (Å²) >= 11 is 0. The van der Waals surface area contributed by atoms with Crippen LogP contribution in [0.2, 0.25) is 0 Å². The van der Waals surface area contributed by atoms with Gasteiger partial charge in [0.15, 0.2) is 5.75 Å². The van der Waals surface area contributed by atoms with Gasteiger partial charge in [-0.25, -0.2) is 0 Å². The molecule has 0 saturated carbocycles. The Hall–Kier alpha value is -2.31. The number of hydrogen-bond acceptors (Lipinski definition) is 4. The second kappa shape index (κ2) is 5.89. The van der Waals surface area contributed by atoms with E-state index in [2.05, 4.69) is 12.2 Å². The predicted molar refractivity (Wildman–Crippen MR) is 92.0 cm³/mol. The van der Waals surface area contributed by atoms with Gasteiger partial charge in [-0.3, -0.25) is 4.55 Å². The maximum Gasteiger partial charge on any atom is 0.446 e. The lowest BCUT2D eigenvalue weighted by atomic mass is 9.88. The van der Waals surface area contributed by atoms with Crippen molar-refractivity contribution in [3.05, 3.63) is 59.2 Å². The van der Waals surface area contributed by atoms with Crippen molar-refractivity contribution >= 4 is 10.4 Å². The van der Waals surface area contributed by atoms with Crippen molar-refractivity contribution in [3.63, 3.8) is 0 Å². The predicted octanol–water partition coefficient (Wildman–Crippen LogP) is 3.14. The van der Waals surface area contributed by atoms with Crippen LogP contribution in [0.4, 0.5) is 0 Å². The van der Waals surface area contributed by atoms with Crippen molar-refractivity contribution in [2.45, 2.75) is 31.6 Å². The molecule has 0 aliphatic heterocycles. The Kier molecular flexibility index (Phi) is 3.81. The molecular weight excluding hydrogens is 340 g/mol. The van der Waals surface area contributed by atoms with Crippen molar-refractivity contribution in [1.82, 2.24) is 0 Å². The molecule has 4 rings (SSSR count). The number of benzene rings is 2. The Morgan fingerprint density at radius 3 is 2.80 bits per heavy atom. The van der Waals surface area contributed by atoms with Crippen LogP contribution in [-0.4, -0.2) is 13.0 Å². The molecule has 0 fully saturated rings. The number of rotatable bonds is 2. The van der Waals surface area contributed by atoms with Gasteiger partial charge >= 0.3 is 10.4 Å². The molecule has 2 aromatic rings. The summed E-state index contributed by atoms with van der Waals surface area (Å²) in [4.78, 5) is 0. The molecule has 1 N–H and O–H groups in total. The molecule has 2 aliphatic rings. The van der Waals surface area contributed by atoms with Gasteiger partial charge in [-0.15, -0.1) is 5.75 Å². The summed E-state index contributed by atoms with van der Waals surface area (Å²) in [7, 11) is -4.68. The van der Waals surface area contributed by atoms with Crippen LogP contribution in [0, 0.1) is 0 Å². The molecule has 6 heteroatoms. The van der Waals surface area contributed by atoms with Gasteiger partial charge in [0.05, 0.1) is 0 Å². The highest BCUT2D eigenvalue weighted by atomic mass is 32.3. The van der Waals surface area contributed by atoms with E-state index >= 15 is 0 Å². The molecular formula is C19H17O5S-. The highest BCUT2D eigenvalue weighted by Gasteiger charge is 2.28. The molecule has 0 spiro atoms. The van der Waals surface area contributed by atoms with Gasteiger partial charge in [0.1, 0.15) is 0 Å². The summed E-state index contributed by atoms with van der Waals surface area (Å²) in [6.45, 7) is 0. The molecule has 2 bridgehead atoms. The lowest BCUT2D eigenvalue weighted by molar-refractivity contribution is -0.267. The molecule has 0 radical (unpaired) electrons. The van der Waals surface area contributed by atoms with Gasteiger partial charge in [-0.1, -0.05) is 36.4 Å². The van der Waals surface area contributed by atoms with Crippen LogP contribution in [-0.2, 0) is 23.2 Å². The minimum absolute atomic E-state index is 0.00336. The van der Waals surface area contributed by atoms with Gasteiger partial charge in [0.25, 0.3) is 0 Å². The highest BCUT2D eigenvalue weighted by Crippen LogP contribution is 2.48. The molecule has 0 aromatic heterocycles. The highest BCUT2D eigenvalue weighted by molar-refractivity contribution is 7.81. The zero-order chi connectivity index (χ0) is 17.6. The topological polar surface area (TPSA) is 86.7 Å². The first-order valence-electron chi connectivity index (χ1n) is 8.22. The van der Waals surface area contributed by atoms with Crippen LogP contribution in [0.3, 0.4) is 0 Å². The second-order valence-corrected chi connectivity index (χ2v) is 7.49. The second-order valence-electron chi connectivity index (χ2n) is 6.47. The molecule has 0 amide bonds. The standard InChI is InChI=1S/C19H18O5S/c20-16-9-5-12-3-1-2-4-13-6-7-14-8-10-17(24-25(21,22)23)19(18(13)14)15(16)11-12/h2,4-5,8-11,13,20H,1,3,6-7H2,(H,21,22,23)/p-1/b4-2-/t13-/m1/s1. The quantitative estimate of drug-likeness (QED) is 0.659. The average molecular weight is 357 g/mol. The number of fused-ring (bicyclic) bond motifs is 3. The van der Waals surface area contributed by atoms with Crippen LogP contribution in [0.15, 0.2) is 42.5 Å². The van der Waals surface area contributed by atoms with E-state index in [1.807, 2.05) is 12.1 Å². The largest absolute Gasteiger partial charge is 0.872 e. The van der Waals surface area contributed by atoms with Gasteiger partial charge in [-0.2, -0.15) is 8.42 Å². The molecule has 0 heterocycles. The summed E-state index contributed by atoms with van der Waals surface area (Å²) in [5.41, 5.74) is 3.92. The summed E-state index contributed by atoms with van der Waals surface area (Å²) in [6, 6.07) is 8.45. The summed E-state index contributed by atoms with van der Waals surface area (Å²) in [6.07, 6.45) is 7.72. The first-order valence-corrected chi connectivity index (χ1v) is 9.58. The minimum Gasteiger partial charge on any atom is -0.872 e. The molecule has 1 atom stereocenters. The number of hydrogen-bond donors (Lipinski definition) is 1. The Balaban J connectivity index is 2.05. The van der Waals surface area contributed by atoms with Crippen molar-refractivity contribution in [3.8, 4) is 22.6 Å². The lowest BCUT2D eigenvalue weighted by Gasteiger charge is -2.23. The first kappa shape index (κ1) is 16.2. The Bertz CT molecular complexity index is 976. The average Bonchev–Trinajstić information content (AvgIpc) is 2.95. The fraction of sp³-hybridized carbons (Fsp3) is 0.263. The lowest BCUT2D eigenvalue weighted by Crippen LogP contribution is -2.10. The maximum atomic E-state index is 12.5. The van der Waals surface area contributed by atoms with E-state index in [0.29, 0.717) is 11.1 Å². The third-order valence-corrected chi connectivity index (χ3v) is 5.26. The zero-order valence-electron chi connectivity index (χ0n) is 13.4. The Morgan fingerprint density at radius 2 is 2.00 bits per heavy atom. The van der Waals surface area contributed by atoms with Crippen molar-refractivity contribution in [1.29, 1.82) is 0 Å². The molecule has 2 aromatic carbocycles. The number of aryl methyl sites for hydroxylation is 2. The van der Waals surface area contributed by atoms with Crippen LogP contribution < -0.4 is 9.29 Å². The van der Waals surface area contributed by atoms with Crippen molar-refractivity contribution in [2.24, 2.45) is 0 Å². The van der Waals surface area contributed by atoms with Crippen LogP contribution in [0.1, 0.15) is 35.4 Å². The van der Waals surface area contributed by atoms with Crippen LogP contribution in [0.5, 0.6) is 11.5 Å². The van der Waals surface area contributed by atoms with Crippen LogP contribution in [0.25, 0.3) is 11.1 Å². The summed E-state index contributed by atoms with van der Waals surface area (Å²) in [5, 5.41) is 12.5. The molecule has 5 nitrogen and oxygen atoms in total. The fourth-order valence-electron chi connectivity index (χ4n) is 3.83. The van der Waals surface area contributed by atoms with Crippen molar-refractivity contribution in [2.75, 3.05) is 0 Å². The minimum atomic E-state index is -4.68. The van der Waals surface area contributed by atoms with Gasteiger partial charge < -0.3 is 9.29 Å². The van der Waals surface area contributed by atoms with Gasteiger partial charge in [-0.05, 0) is 54.0 Å². The van der Waals surface area contributed by atoms with Gasteiger partial charge in [0, 0.05) is 11.5 Å². The van der Waals surface area contributed by atoms with Gasteiger partial charge in [0.2, 0.25) is 0 Å².